The highest BCUT2D eigenvalue weighted by molar-refractivity contribution is 7.99. The lowest BCUT2D eigenvalue weighted by Gasteiger charge is -2.29. The van der Waals surface area contributed by atoms with Crippen molar-refractivity contribution in [2.45, 2.75) is 6.42 Å². The first-order valence-electron chi connectivity index (χ1n) is 10.3. The fourth-order valence-electron chi connectivity index (χ4n) is 3.64. The number of thioether (sulfide) groups is 1. The molecule has 1 N–H and O–H groups in total. The fraction of sp³-hybridized carbons (Fsp3) is 0.524. The molecule has 2 saturated heterocycles. The van der Waals surface area contributed by atoms with Gasteiger partial charge in [0, 0.05) is 55.2 Å². The van der Waals surface area contributed by atoms with Gasteiger partial charge in [0.05, 0.1) is 24.5 Å². The Kier molecular flexibility index (Phi) is 7.43. The topological polar surface area (TPSA) is 57.7 Å². The first-order chi connectivity index (χ1) is 14.3. The smallest absolute Gasteiger partial charge is 0.255 e. The second-order valence-corrected chi connectivity index (χ2v) is 9.25. The Balaban J connectivity index is 1.42. The van der Waals surface area contributed by atoms with E-state index < -0.39 is 0 Å². The van der Waals surface area contributed by atoms with E-state index >= 15 is 0 Å². The van der Waals surface area contributed by atoms with Crippen molar-refractivity contribution >= 4 is 34.8 Å². The maximum Gasteiger partial charge on any atom is 0.255 e. The molecule has 29 heavy (non-hydrogen) atoms. The van der Waals surface area contributed by atoms with Crippen LogP contribution in [0.15, 0.2) is 29.0 Å². The molecular weight excluding hydrogens is 404 g/mol. The minimum absolute atomic E-state index is 0.0235. The summed E-state index contributed by atoms with van der Waals surface area (Å²) < 4.78 is 5.39. The van der Waals surface area contributed by atoms with Crippen LogP contribution in [0, 0.1) is 0 Å². The van der Waals surface area contributed by atoms with E-state index in [4.69, 9.17) is 9.72 Å². The largest absolute Gasteiger partial charge is 0.379 e. The summed E-state index contributed by atoms with van der Waals surface area (Å²) in [5.41, 5.74) is 2.73. The third-order valence-corrected chi connectivity index (χ3v) is 6.91. The lowest BCUT2D eigenvalue weighted by Crippen LogP contribution is -2.38. The lowest BCUT2D eigenvalue weighted by molar-refractivity contribution is 0.0374. The Morgan fingerprint density at radius 3 is 2.72 bits per heavy atom. The first-order valence-corrected chi connectivity index (χ1v) is 12.4. The number of nitrogens with one attached hydrogen (secondary N) is 1. The zero-order chi connectivity index (χ0) is 19.9. The van der Waals surface area contributed by atoms with Gasteiger partial charge in [-0.05, 0) is 36.5 Å². The molecule has 2 aliphatic heterocycles. The van der Waals surface area contributed by atoms with E-state index in [-0.39, 0.29) is 5.91 Å². The Bertz CT molecular complexity index is 788. The zero-order valence-electron chi connectivity index (χ0n) is 16.6. The molecule has 0 aromatic carbocycles. The molecule has 8 heteroatoms. The van der Waals surface area contributed by atoms with Crippen LogP contribution in [-0.2, 0) is 4.74 Å². The van der Waals surface area contributed by atoms with E-state index in [2.05, 4.69) is 31.9 Å². The van der Waals surface area contributed by atoms with Gasteiger partial charge in [-0.15, -0.1) is 0 Å². The van der Waals surface area contributed by atoms with Gasteiger partial charge in [-0.2, -0.15) is 23.1 Å². The number of hydrogen-bond acceptors (Lipinski definition) is 7. The van der Waals surface area contributed by atoms with Gasteiger partial charge < -0.3 is 15.0 Å². The number of amides is 1. The maximum absolute atomic E-state index is 12.9. The maximum atomic E-state index is 12.9. The zero-order valence-corrected chi connectivity index (χ0v) is 18.3. The molecule has 2 fully saturated rings. The minimum atomic E-state index is -0.0235. The van der Waals surface area contributed by atoms with Crippen LogP contribution in [0.2, 0.25) is 0 Å². The molecular formula is C21H28N4O2S2. The van der Waals surface area contributed by atoms with Crippen molar-refractivity contribution in [1.82, 2.24) is 15.2 Å². The molecule has 2 aliphatic rings. The van der Waals surface area contributed by atoms with Crippen LogP contribution < -0.4 is 10.2 Å². The van der Waals surface area contributed by atoms with E-state index in [1.165, 1.54) is 0 Å². The number of pyridine rings is 1. The second kappa shape index (κ2) is 10.4. The van der Waals surface area contributed by atoms with Crippen LogP contribution in [0.4, 0.5) is 5.82 Å². The number of thiophene rings is 1. The molecule has 4 rings (SSSR count). The van der Waals surface area contributed by atoms with Gasteiger partial charge in [0.15, 0.2) is 0 Å². The Morgan fingerprint density at radius 1 is 1.14 bits per heavy atom. The summed E-state index contributed by atoms with van der Waals surface area (Å²) in [6, 6.07) is 5.98. The van der Waals surface area contributed by atoms with Crippen LogP contribution in [-0.4, -0.2) is 79.8 Å². The molecule has 6 nitrogen and oxygen atoms in total. The number of rotatable bonds is 7. The fourth-order valence-corrected chi connectivity index (χ4v) is 5.19. The van der Waals surface area contributed by atoms with Gasteiger partial charge in [-0.3, -0.25) is 9.69 Å². The van der Waals surface area contributed by atoms with Crippen molar-refractivity contribution in [2.75, 3.05) is 68.9 Å². The lowest BCUT2D eigenvalue weighted by atomic mass is 10.1. The third kappa shape index (κ3) is 5.51. The van der Waals surface area contributed by atoms with Crippen LogP contribution in [0.5, 0.6) is 0 Å². The molecule has 0 atom stereocenters. The van der Waals surface area contributed by atoms with Crippen LogP contribution in [0.3, 0.4) is 0 Å². The van der Waals surface area contributed by atoms with Gasteiger partial charge >= 0.3 is 0 Å². The van der Waals surface area contributed by atoms with Crippen molar-refractivity contribution in [3.63, 3.8) is 0 Å². The normalized spacial score (nSPS) is 18.0. The summed E-state index contributed by atoms with van der Waals surface area (Å²) in [5, 5.41) is 7.27. The molecule has 0 saturated carbocycles. The Labute approximate surface area is 180 Å². The van der Waals surface area contributed by atoms with Gasteiger partial charge in [0.25, 0.3) is 5.91 Å². The minimum Gasteiger partial charge on any atom is -0.379 e. The van der Waals surface area contributed by atoms with Crippen molar-refractivity contribution < 1.29 is 9.53 Å². The molecule has 0 spiro atoms. The third-order valence-electron chi connectivity index (χ3n) is 5.29. The van der Waals surface area contributed by atoms with Crippen LogP contribution >= 0.6 is 23.1 Å². The van der Waals surface area contributed by atoms with E-state index in [0.717, 1.165) is 80.9 Å². The molecule has 1 amide bonds. The van der Waals surface area contributed by atoms with Gasteiger partial charge in [0.1, 0.15) is 5.82 Å². The highest BCUT2D eigenvalue weighted by Gasteiger charge is 2.21. The number of carbonyl (C=O) groups excluding carboxylic acids is 1. The van der Waals surface area contributed by atoms with E-state index in [1.807, 2.05) is 23.9 Å². The molecule has 2 aromatic heterocycles. The molecule has 0 bridgehead atoms. The Hall–Kier alpha value is -1.61. The standard InChI is InChI=1S/C21H28N4O2S2/c26-21(22-5-1-6-24-7-11-27-12-8-24)18-2-3-19(17-4-13-29-16-17)23-20(18)25-9-14-28-15-10-25/h2-4,13,16H,1,5-12,14-15H2,(H,22,26). The number of carbonyl (C=O) groups is 1. The average molecular weight is 433 g/mol. The molecule has 0 unspecified atom stereocenters. The molecule has 0 aliphatic carbocycles. The summed E-state index contributed by atoms with van der Waals surface area (Å²) in [6.45, 7) is 7.13. The molecule has 4 heterocycles. The summed E-state index contributed by atoms with van der Waals surface area (Å²) in [5.74, 6) is 2.94. The number of ether oxygens (including phenoxy) is 1. The molecule has 2 aromatic rings. The van der Waals surface area contributed by atoms with E-state index in [9.17, 15) is 4.79 Å². The molecule has 156 valence electrons. The van der Waals surface area contributed by atoms with Crippen molar-refractivity contribution in [3.8, 4) is 11.3 Å². The van der Waals surface area contributed by atoms with Gasteiger partial charge in [-0.25, -0.2) is 4.98 Å². The van der Waals surface area contributed by atoms with Crippen molar-refractivity contribution in [3.05, 3.63) is 34.5 Å². The van der Waals surface area contributed by atoms with Crippen molar-refractivity contribution in [1.29, 1.82) is 0 Å². The summed E-state index contributed by atoms with van der Waals surface area (Å²) in [4.78, 5) is 22.5. The Morgan fingerprint density at radius 2 is 1.97 bits per heavy atom. The van der Waals surface area contributed by atoms with Gasteiger partial charge in [0.2, 0.25) is 0 Å². The number of aromatic nitrogens is 1. The molecule has 0 radical (unpaired) electrons. The van der Waals surface area contributed by atoms with Crippen molar-refractivity contribution in [2.24, 2.45) is 0 Å². The number of morpholine rings is 1. The number of nitrogens with zero attached hydrogens (tertiary/aromatic N) is 3. The van der Waals surface area contributed by atoms with E-state index in [1.54, 1.807) is 11.3 Å². The summed E-state index contributed by atoms with van der Waals surface area (Å²) >= 11 is 3.62. The van der Waals surface area contributed by atoms with Crippen LogP contribution in [0.25, 0.3) is 11.3 Å². The summed E-state index contributed by atoms with van der Waals surface area (Å²) in [7, 11) is 0. The SMILES string of the molecule is O=C(NCCCN1CCOCC1)c1ccc(-c2ccsc2)nc1N1CCSCC1. The quantitative estimate of drug-likeness (QED) is 0.679. The van der Waals surface area contributed by atoms with Crippen LogP contribution in [0.1, 0.15) is 16.8 Å². The van der Waals surface area contributed by atoms with Gasteiger partial charge in [-0.1, -0.05) is 0 Å². The summed E-state index contributed by atoms with van der Waals surface area (Å²) in [6.07, 6.45) is 0.946. The number of anilines is 1. The average Bonchev–Trinajstić information content (AvgIpc) is 3.32. The second-order valence-electron chi connectivity index (χ2n) is 7.24. The van der Waals surface area contributed by atoms with E-state index in [0.29, 0.717) is 12.1 Å². The predicted octanol–water partition coefficient (Wildman–Crippen LogP) is 2.82. The number of hydrogen-bond donors (Lipinski definition) is 1. The predicted molar refractivity (Wildman–Crippen MR) is 121 cm³/mol. The first kappa shape index (κ1) is 20.7. The monoisotopic (exact) mass is 432 g/mol. The highest BCUT2D eigenvalue weighted by atomic mass is 32.2. The highest BCUT2D eigenvalue weighted by Crippen LogP contribution is 2.27.